The monoisotopic (exact) mass is 338 g/mol. The molecule has 4 rings (SSSR count). The van der Waals surface area contributed by atoms with Gasteiger partial charge in [0.25, 0.3) is 11.1 Å². The minimum absolute atomic E-state index is 0.128. The molecule has 4 nitrogen and oxygen atoms in total. The molecule has 0 radical (unpaired) electrons. The Bertz CT molecular complexity index is 965. The maximum absolute atomic E-state index is 12.8. The Kier molecular flexibility index (Phi) is 3.94. The van der Waals surface area contributed by atoms with Gasteiger partial charge in [-0.3, -0.25) is 9.59 Å². The first kappa shape index (κ1) is 16.4. The summed E-state index contributed by atoms with van der Waals surface area (Å²) in [6.45, 7) is 4.94. The molecule has 2 aromatic rings. The molecule has 1 unspecified atom stereocenters. The third-order valence-corrected chi connectivity index (χ3v) is 6.12. The van der Waals surface area contributed by atoms with E-state index in [4.69, 9.17) is 0 Å². The summed E-state index contributed by atoms with van der Waals surface area (Å²) in [5, 5.41) is 0. The summed E-state index contributed by atoms with van der Waals surface area (Å²) in [7, 11) is 1.83. The summed E-state index contributed by atoms with van der Waals surface area (Å²) in [4.78, 5) is 25.3. The van der Waals surface area contributed by atoms with Gasteiger partial charge in [0.2, 0.25) is 0 Å². The van der Waals surface area contributed by atoms with Crippen LogP contribution in [-0.4, -0.2) is 9.13 Å². The van der Waals surface area contributed by atoms with E-state index in [9.17, 15) is 9.59 Å². The predicted octanol–water partition coefficient (Wildman–Crippen LogP) is 2.46. The zero-order valence-corrected chi connectivity index (χ0v) is 15.4. The second-order valence-corrected chi connectivity index (χ2v) is 7.87. The molecule has 4 heteroatoms. The van der Waals surface area contributed by atoms with Gasteiger partial charge in [-0.1, -0.05) is 0 Å². The van der Waals surface area contributed by atoms with E-state index in [0.717, 1.165) is 56.2 Å². The lowest BCUT2D eigenvalue weighted by molar-refractivity contribution is 0.384. The molecule has 0 N–H and O–H groups in total. The fraction of sp³-hybridized carbons (Fsp3) is 0.524. The molecule has 0 aliphatic heterocycles. The minimum Gasteiger partial charge on any atom is -0.318 e. The van der Waals surface area contributed by atoms with Gasteiger partial charge in [-0.05, 0) is 80.5 Å². The maximum atomic E-state index is 12.8. The van der Waals surface area contributed by atoms with Crippen LogP contribution in [-0.2, 0) is 39.3 Å². The Labute approximate surface area is 148 Å². The predicted molar refractivity (Wildman–Crippen MR) is 99.4 cm³/mol. The van der Waals surface area contributed by atoms with Crippen LogP contribution in [0.15, 0.2) is 22.0 Å². The van der Waals surface area contributed by atoms with E-state index in [1.165, 1.54) is 22.3 Å². The summed E-state index contributed by atoms with van der Waals surface area (Å²) in [5.74, 6) is 0.360. The molecule has 0 amide bonds. The standard InChI is InChI=1S/C21H26N2O2/c1-13-10-22(3)20(24)19-9-15(7-8-17(13)19)12-23-11-14(2)16-5-4-6-18(16)21(23)25/h10-11,15H,4-9,12H2,1-3H3. The summed E-state index contributed by atoms with van der Waals surface area (Å²) in [5.41, 5.74) is 7.28. The SMILES string of the molecule is Cc1cn(C)c(=O)c2c1CCC(Cn1cc(C)c3c(c1=O)CCC3)C2. The largest absolute Gasteiger partial charge is 0.318 e. The van der Waals surface area contributed by atoms with Crippen LogP contribution in [0.3, 0.4) is 0 Å². The molecule has 0 saturated carbocycles. The third-order valence-electron chi connectivity index (χ3n) is 6.12. The van der Waals surface area contributed by atoms with Gasteiger partial charge in [-0.15, -0.1) is 0 Å². The Morgan fingerprint density at radius 1 is 0.920 bits per heavy atom. The average molecular weight is 338 g/mol. The summed E-state index contributed by atoms with van der Waals surface area (Å²) in [6, 6.07) is 0. The van der Waals surface area contributed by atoms with Crippen molar-refractivity contribution in [3.63, 3.8) is 0 Å². The molecule has 25 heavy (non-hydrogen) atoms. The van der Waals surface area contributed by atoms with Crippen LogP contribution in [0, 0.1) is 19.8 Å². The Balaban J connectivity index is 1.65. The minimum atomic E-state index is 0.128. The van der Waals surface area contributed by atoms with Crippen molar-refractivity contribution < 1.29 is 0 Å². The summed E-state index contributed by atoms with van der Waals surface area (Å²) < 4.78 is 3.61. The first-order valence-electron chi connectivity index (χ1n) is 9.35. The van der Waals surface area contributed by atoms with Crippen LogP contribution in [0.25, 0.3) is 0 Å². The number of aromatic nitrogens is 2. The number of hydrogen-bond donors (Lipinski definition) is 0. The molecule has 0 fully saturated rings. The first-order valence-corrected chi connectivity index (χ1v) is 9.35. The number of hydrogen-bond acceptors (Lipinski definition) is 2. The van der Waals surface area contributed by atoms with Crippen molar-refractivity contribution in [2.24, 2.45) is 13.0 Å². The quantitative estimate of drug-likeness (QED) is 0.844. The van der Waals surface area contributed by atoms with Crippen molar-refractivity contribution in [2.45, 2.75) is 58.9 Å². The van der Waals surface area contributed by atoms with Crippen LogP contribution in [0.1, 0.15) is 46.2 Å². The van der Waals surface area contributed by atoms with Crippen molar-refractivity contribution in [3.05, 3.63) is 66.5 Å². The highest BCUT2D eigenvalue weighted by molar-refractivity contribution is 5.36. The molecule has 0 saturated heterocycles. The highest BCUT2D eigenvalue weighted by Crippen LogP contribution is 2.27. The van der Waals surface area contributed by atoms with Crippen molar-refractivity contribution in [2.75, 3.05) is 0 Å². The molecule has 132 valence electrons. The van der Waals surface area contributed by atoms with Gasteiger partial charge in [0.15, 0.2) is 0 Å². The highest BCUT2D eigenvalue weighted by atomic mass is 16.1. The smallest absolute Gasteiger partial charge is 0.254 e. The van der Waals surface area contributed by atoms with E-state index in [0.29, 0.717) is 5.92 Å². The molecule has 0 spiro atoms. The van der Waals surface area contributed by atoms with E-state index >= 15 is 0 Å². The van der Waals surface area contributed by atoms with Crippen molar-refractivity contribution in [3.8, 4) is 0 Å². The van der Waals surface area contributed by atoms with Gasteiger partial charge in [0.05, 0.1) is 0 Å². The van der Waals surface area contributed by atoms with E-state index < -0.39 is 0 Å². The molecule has 0 bridgehead atoms. The number of rotatable bonds is 2. The molecular formula is C21H26N2O2. The molecule has 2 aromatic heterocycles. The zero-order chi connectivity index (χ0) is 17.7. The average Bonchev–Trinajstić information content (AvgIpc) is 3.08. The van der Waals surface area contributed by atoms with Crippen LogP contribution in [0.4, 0.5) is 0 Å². The topological polar surface area (TPSA) is 44.0 Å². The lowest BCUT2D eigenvalue weighted by atomic mass is 9.83. The van der Waals surface area contributed by atoms with Gasteiger partial charge in [0.1, 0.15) is 0 Å². The van der Waals surface area contributed by atoms with Gasteiger partial charge in [-0.2, -0.15) is 0 Å². The number of aryl methyl sites for hydroxylation is 3. The van der Waals surface area contributed by atoms with Crippen molar-refractivity contribution in [1.29, 1.82) is 0 Å². The van der Waals surface area contributed by atoms with E-state index in [1.54, 1.807) is 4.57 Å². The van der Waals surface area contributed by atoms with Gasteiger partial charge in [0, 0.05) is 37.1 Å². The Morgan fingerprint density at radius 3 is 2.40 bits per heavy atom. The zero-order valence-electron chi connectivity index (χ0n) is 15.4. The number of nitrogens with zero attached hydrogens (tertiary/aromatic N) is 2. The third kappa shape index (κ3) is 2.68. The second kappa shape index (κ2) is 6.01. The van der Waals surface area contributed by atoms with Crippen LogP contribution in [0.2, 0.25) is 0 Å². The number of fused-ring (bicyclic) bond motifs is 2. The molecule has 1 atom stereocenters. The fourth-order valence-electron chi connectivity index (χ4n) is 4.83. The molecule has 2 aliphatic carbocycles. The van der Waals surface area contributed by atoms with Crippen LogP contribution in [0.5, 0.6) is 0 Å². The molecule has 0 aromatic carbocycles. The molecular weight excluding hydrogens is 312 g/mol. The summed E-state index contributed by atoms with van der Waals surface area (Å²) >= 11 is 0. The van der Waals surface area contributed by atoms with E-state index in [1.807, 2.05) is 24.0 Å². The van der Waals surface area contributed by atoms with E-state index in [-0.39, 0.29) is 11.1 Å². The van der Waals surface area contributed by atoms with Crippen molar-refractivity contribution in [1.82, 2.24) is 9.13 Å². The molecule has 2 heterocycles. The molecule has 2 aliphatic rings. The summed E-state index contributed by atoms with van der Waals surface area (Å²) in [6.07, 6.45) is 9.82. The first-order chi connectivity index (χ1) is 12.0. The fourth-order valence-corrected chi connectivity index (χ4v) is 4.83. The lowest BCUT2D eigenvalue weighted by Gasteiger charge is -2.26. The van der Waals surface area contributed by atoms with Gasteiger partial charge >= 0.3 is 0 Å². The van der Waals surface area contributed by atoms with Crippen LogP contribution >= 0.6 is 0 Å². The van der Waals surface area contributed by atoms with E-state index in [2.05, 4.69) is 13.8 Å². The highest BCUT2D eigenvalue weighted by Gasteiger charge is 2.25. The van der Waals surface area contributed by atoms with Gasteiger partial charge in [-0.25, -0.2) is 0 Å². The van der Waals surface area contributed by atoms with Crippen molar-refractivity contribution >= 4 is 0 Å². The maximum Gasteiger partial charge on any atom is 0.254 e. The lowest BCUT2D eigenvalue weighted by Crippen LogP contribution is -2.33. The van der Waals surface area contributed by atoms with Crippen LogP contribution < -0.4 is 11.1 Å². The second-order valence-electron chi connectivity index (χ2n) is 7.87. The Hall–Kier alpha value is -2.10. The van der Waals surface area contributed by atoms with Gasteiger partial charge < -0.3 is 9.13 Å². The number of pyridine rings is 2. The Morgan fingerprint density at radius 2 is 1.60 bits per heavy atom. The normalized spacial score (nSPS) is 18.9.